The number of benzene rings is 1. The Labute approximate surface area is 127 Å². The first kappa shape index (κ1) is 14.7. The van der Waals surface area contributed by atoms with Crippen molar-refractivity contribution < 1.29 is 13.6 Å². The van der Waals surface area contributed by atoms with E-state index in [1.54, 1.807) is 18.4 Å². The number of carbonyl (C=O) groups is 1. The van der Waals surface area contributed by atoms with E-state index in [-0.39, 0.29) is 17.8 Å². The fourth-order valence-corrected chi connectivity index (χ4v) is 2.82. The molecule has 0 aliphatic carbocycles. The molecular formula is C16H18FN3O2. The van der Waals surface area contributed by atoms with Crippen molar-refractivity contribution in [2.45, 2.75) is 31.8 Å². The van der Waals surface area contributed by atoms with Crippen LogP contribution in [0.2, 0.25) is 0 Å². The second-order valence-electron chi connectivity index (χ2n) is 5.54. The van der Waals surface area contributed by atoms with Crippen LogP contribution in [0, 0.1) is 5.82 Å². The minimum absolute atomic E-state index is 0.236. The van der Waals surface area contributed by atoms with Crippen molar-refractivity contribution in [2.75, 3.05) is 6.54 Å². The zero-order chi connectivity index (χ0) is 15.5. The number of likely N-dealkylation sites (tertiary alicyclic amines) is 1. The predicted octanol–water partition coefficient (Wildman–Crippen LogP) is 2.32. The molecular weight excluding hydrogens is 285 g/mol. The zero-order valence-electron chi connectivity index (χ0n) is 12.2. The van der Waals surface area contributed by atoms with Gasteiger partial charge in [-0.3, -0.25) is 9.69 Å². The lowest BCUT2D eigenvalue weighted by Crippen LogP contribution is -2.47. The minimum atomic E-state index is -0.298. The summed E-state index contributed by atoms with van der Waals surface area (Å²) in [6, 6.07) is 5.75. The van der Waals surface area contributed by atoms with Crippen LogP contribution in [0.25, 0.3) is 11.5 Å². The molecule has 1 aromatic carbocycles. The molecule has 6 heteroatoms. The number of carbonyl (C=O) groups excluding carboxylic acids is 1. The van der Waals surface area contributed by atoms with Gasteiger partial charge in [-0.15, -0.1) is 0 Å². The monoisotopic (exact) mass is 303 g/mol. The Morgan fingerprint density at radius 2 is 2.14 bits per heavy atom. The molecule has 2 aromatic rings. The van der Waals surface area contributed by atoms with Crippen molar-refractivity contribution in [3.8, 4) is 11.5 Å². The Bertz CT molecular complexity index is 654. The zero-order valence-corrected chi connectivity index (χ0v) is 12.2. The summed E-state index contributed by atoms with van der Waals surface area (Å²) >= 11 is 0. The standard InChI is InChI=1S/C16H18FN3O2/c17-12-6-4-11(5-7-12)16-19-13(10-22-16)9-20-8-2-1-3-14(20)15(18)21/h4-7,10,14H,1-3,8-9H2,(H2,18,21). The molecule has 0 bridgehead atoms. The van der Waals surface area contributed by atoms with Crippen LogP contribution in [0.5, 0.6) is 0 Å². The molecule has 1 aliphatic heterocycles. The molecule has 1 saturated heterocycles. The maximum absolute atomic E-state index is 12.9. The van der Waals surface area contributed by atoms with E-state index < -0.39 is 0 Å². The summed E-state index contributed by atoms with van der Waals surface area (Å²) in [6.45, 7) is 1.35. The van der Waals surface area contributed by atoms with Crippen LogP contribution in [0.15, 0.2) is 34.9 Å². The molecule has 1 aliphatic rings. The first-order valence-electron chi connectivity index (χ1n) is 7.37. The molecule has 0 saturated carbocycles. The third-order valence-corrected chi connectivity index (χ3v) is 3.95. The molecule has 1 aromatic heterocycles. The van der Waals surface area contributed by atoms with Crippen LogP contribution < -0.4 is 5.73 Å². The highest BCUT2D eigenvalue weighted by Gasteiger charge is 2.27. The normalized spacial score (nSPS) is 19.2. The van der Waals surface area contributed by atoms with Gasteiger partial charge in [0.1, 0.15) is 12.1 Å². The molecule has 22 heavy (non-hydrogen) atoms. The van der Waals surface area contributed by atoms with Gasteiger partial charge in [0.2, 0.25) is 11.8 Å². The molecule has 2 heterocycles. The SMILES string of the molecule is NC(=O)C1CCCCN1Cc1coc(-c2ccc(F)cc2)n1. The maximum Gasteiger partial charge on any atom is 0.234 e. The highest BCUT2D eigenvalue weighted by Crippen LogP contribution is 2.22. The molecule has 0 spiro atoms. The number of hydrogen-bond acceptors (Lipinski definition) is 4. The lowest BCUT2D eigenvalue weighted by Gasteiger charge is -2.32. The van der Waals surface area contributed by atoms with E-state index in [2.05, 4.69) is 4.98 Å². The van der Waals surface area contributed by atoms with Crippen LogP contribution >= 0.6 is 0 Å². The Morgan fingerprint density at radius 1 is 1.36 bits per heavy atom. The van der Waals surface area contributed by atoms with Crippen molar-refractivity contribution in [3.05, 3.63) is 42.0 Å². The van der Waals surface area contributed by atoms with Crippen LogP contribution in [-0.2, 0) is 11.3 Å². The summed E-state index contributed by atoms with van der Waals surface area (Å²) in [5.41, 5.74) is 6.92. The fourth-order valence-electron chi connectivity index (χ4n) is 2.82. The van der Waals surface area contributed by atoms with E-state index in [4.69, 9.17) is 10.2 Å². The highest BCUT2D eigenvalue weighted by molar-refractivity contribution is 5.79. The number of rotatable bonds is 4. The van der Waals surface area contributed by atoms with Crippen molar-refractivity contribution >= 4 is 5.91 Å². The maximum atomic E-state index is 12.9. The molecule has 116 valence electrons. The van der Waals surface area contributed by atoms with E-state index >= 15 is 0 Å². The summed E-state index contributed by atoms with van der Waals surface area (Å²) in [7, 11) is 0. The van der Waals surface area contributed by atoms with Crippen LogP contribution in [-0.4, -0.2) is 28.4 Å². The van der Waals surface area contributed by atoms with Gasteiger partial charge in [0.15, 0.2) is 0 Å². The van der Waals surface area contributed by atoms with Gasteiger partial charge >= 0.3 is 0 Å². The van der Waals surface area contributed by atoms with Gasteiger partial charge in [-0.25, -0.2) is 9.37 Å². The second kappa shape index (κ2) is 6.27. The molecule has 1 atom stereocenters. The summed E-state index contributed by atoms with van der Waals surface area (Å²) in [4.78, 5) is 18.0. The number of primary amides is 1. The molecule has 5 nitrogen and oxygen atoms in total. The van der Waals surface area contributed by atoms with E-state index in [1.807, 2.05) is 4.90 Å². The topological polar surface area (TPSA) is 72.4 Å². The third kappa shape index (κ3) is 3.17. The van der Waals surface area contributed by atoms with Gasteiger partial charge in [-0.2, -0.15) is 0 Å². The Kier molecular flexibility index (Phi) is 4.20. The highest BCUT2D eigenvalue weighted by atomic mass is 19.1. The smallest absolute Gasteiger partial charge is 0.234 e. The molecule has 2 N–H and O–H groups in total. The summed E-state index contributed by atoms with van der Waals surface area (Å²) < 4.78 is 18.4. The molecule has 1 unspecified atom stereocenters. The van der Waals surface area contributed by atoms with Crippen molar-refractivity contribution in [3.63, 3.8) is 0 Å². The van der Waals surface area contributed by atoms with Crippen molar-refractivity contribution in [2.24, 2.45) is 5.73 Å². The average Bonchev–Trinajstić information content (AvgIpc) is 2.97. The third-order valence-electron chi connectivity index (χ3n) is 3.95. The van der Waals surface area contributed by atoms with Gasteiger partial charge in [0, 0.05) is 12.1 Å². The van der Waals surface area contributed by atoms with Crippen LogP contribution in [0.3, 0.4) is 0 Å². The van der Waals surface area contributed by atoms with E-state index in [0.29, 0.717) is 12.4 Å². The van der Waals surface area contributed by atoms with Gasteiger partial charge in [0.25, 0.3) is 0 Å². The number of amides is 1. The quantitative estimate of drug-likeness (QED) is 0.941. The Morgan fingerprint density at radius 3 is 2.86 bits per heavy atom. The first-order valence-corrected chi connectivity index (χ1v) is 7.37. The lowest BCUT2D eigenvalue weighted by molar-refractivity contribution is -0.124. The molecule has 1 fully saturated rings. The summed E-state index contributed by atoms with van der Waals surface area (Å²) in [6.07, 6.45) is 4.43. The van der Waals surface area contributed by atoms with Gasteiger partial charge < -0.3 is 10.2 Å². The second-order valence-corrected chi connectivity index (χ2v) is 5.54. The first-order chi connectivity index (χ1) is 10.6. The molecule has 3 rings (SSSR count). The largest absolute Gasteiger partial charge is 0.444 e. The summed E-state index contributed by atoms with van der Waals surface area (Å²) in [5.74, 6) is -0.141. The number of piperidine rings is 1. The number of nitrogens with zero attached hydrogens (tertiary/aromatic N) is 2. The minimum Gasteiger partial charge on any atom is -0.444 e. The number of nitrogens with two attached hydrogens (primary N) is 1. The Hall–Kier alpha value is -2.21. The van der Waals surface area contributed by atoms with E-state index in [0.717, 1.165) is 37.1 Å². The van der Waals surface area contributed by atoms with Gasteiger partial charge in [-0.1, -0.05) is 6.42 Å². The molecule has 0 radical (unpaired) electrons. The number of oxazole rings is 1. The predicted molar refractivity (Wildman–Crippen MR) is 79.1 cm³/mol. The van der Waals surface area contributed by atoms with Crippen molar-refractivity contribution in [1.82, 2.24) is 9.88 Å². The number of halogens is 1. The van der Waals surface area contributed by atoms with Crippen LogP contribution in [0.4, 0.5) is 4.39 Å². The Balaban J connectivity index is 1.73. The lowest BCUT2D eigenvalue weighted by atomic mass is 10.0. The fraction of sp³-hybridized carbons (Fsp3) is 0.375. The number of hydrogen-bond donors (Lipinski definition) is 1. The van der Waals surface area contributed by atoms with Gasteiger partial charge in [0.05, 0.1) is 11.7 Å². The van der Waals surface area contributed by atoms with Crippen molar-refractivity contribution in [1.29, 1.82) is 0 Å². The van der Waals surface area contributed by atoms with Gasteiger partial charge in [-0.05, 0) is 43.7 Å². The number of aromatic nitrogens is 1. The van der Waals surface area contributed by atoms with Crippen LogP contribution in [0.1, 0.15) is 25.0 Å². The van der Waals surface area contributed by atoms with E-state index in [9.17, 15) is 9.18 Å². The average molecular weight is 303 g/mol. The van der Waals surface area contributed by atoms with E-state index in [1.165, 1.54) is 12.1 Å². The molecule has 1 amide bonds. The summed E-state index contributed by atoms with van der Waals surface area (Å²) in [5, 5.41) is 0.